The fourth-order valence-corrected chi connectivity index (χ4v) is 3.49. The molecular weight excluding hydrogens is 342 g/mol. The van der Waals surface area contributed by atoms with E-state index in [1.807, 2.05) is 13.0 Å². The molecule has 0 saturated heterocycles. The molecule has 4 rings (SSSR count). The first kappa shape index (κ1) is 15.9. The van der Waals surface area contributed by atoms with E-state index in [2.05, 4.69) is 25.9 Å². The molecule has 3 aromatic rings. The summed E-state index contributed by atoms with van der Waals surface area (Å²) >= 11 is 6.53. The van der Waals surface area contributed by atoms with Gasteiger partial charge in [0.05, 0.1) is 10.6 Å². The molecular formula is C17H16ClN5O2. The molecule has 1 amide bonds. The number of benzene rings is 1. The molecule has 128 valence electrons. The summed E-state index contributed by atoms with van der Waals surface area (Å²) in [5, 5.41) is 10.5. The van der Waals surface area contributed by atoms with Crippen molar-refractivity contribution >= 4 is 34.4 Å². The number of amides is 1. The number of anilines is 1. The minimum absolute atomic E-state index is 0.203. The van der Waals surface area contributed by atoms with Crippen LogP contribution in [-0.2, 0) is 13.0 Å². The van der Waals surface area contributed by atoms with Crippen molar-refractivity contribution in [3.8, 4) is 0 Å². The van der Waals surface area contributed by atoms with Crippen LogP contribution in [0, 0.1) is 6.92 Å². The third kappa shape index (κ3) is 2.61. The van der Waals surface area contributed by atoms with Crippen molar-refractivity contribution in [3.63, 3.8) is 0 Å². The molecule has 0 saturated carbocycles. The second-order valence-electron chi connectivity index (χ2n) is 6.09. The number of carbonyl (C=O) groups is 1. The predicted octanol–water partition coefficient (Wildman–Crippen LogP) is 2.60. The van der Waals surface area contributed by atoms with Gasteiger partial charge in [-0.05, 0) is 18.6 Å². The van der Waals surface area contributed by atoms with Gasteiger partial charge in [-0.2, -0.15) is 0 Å². The smallest absolute Gasteiger partial charge is 0.277 e. The summed E-state index contributed by atoms with van der Waals surface area (Å²) in [4.78, 5) is 25.4. The van der Waals surface area contributed by atoms with Crippen molar-refractivity contribution < 1.29 is 10.0 Å². The Kier molecular flexibility index (Phi) is 3.82. The summed E-state index contributed by atoms with van der Waals surface area (Å²) in [6, 6.07) is 4.07. The average Bonchev–Trinajstić information content (AvgIpc) is 3.02. The number of hydrogen-bond acceptors (Lipinski definition) is 5. The van der Waals surface area contributed by atoms with Crippen LogP contribution < -0.4 is 10.4 Å². The lowest BCUT2D eigenvalue weighted by Gasteiger charge is -2.27. The number of nitrogens with zero attached hydrogens (tertiary/aromatic N) is 3. The number of nitrogens with one attached hydrogen (secondary N) is 2. The Balaban J connectivity index is 1.68. The zero-order valence-electron chi connectivity index (χ0n) is 13.5. The fraction of sp³-hybridized carbons (Fsp3) is 0.235. The predicted molar refractivity (Wildman–Crippen MR) is 94.1 cm³/mol. The average molecular weight is 358 g/mol. The Morgan fingerprint density at radius 2 is 2.12 bits per heavy atom. The molecule has 0 fully saturated rings. The number of hydroxylamine groups is 1. The Morgan fingerprint density at radius 1 is 1.36 bits per heavy atom. The second kappa shape index (κ2) is 6.02. The van der Waals surface area contributed by atoms with Crippen molar-refractivity contribution in [1.82, 2.24) is 20.4 Å². The third-order valence-corrected chi connectivity index (χ3v) is 5.04. The number of fused-ring (bicyclic) bond motifs is 3. The first-order chi connectivity index (χ1) is 12.1. The summed E-state index contributed by atoms with van der Waals surface area (Å²) in [5.41, 5.74) is 6.21. The monoisotopic (exact) mass is 357 g/mol. The van der Waals surface area contributed by atoms with Crippen molar-refractivity contribution in [2.24, 2.45) is 0 Å². The Hall–Kier alpha value is -2.64. The lowest BCUT2D eigenvalue weighted by atomic mass is 10.0. The van der Waals surface area contributed by atoms with Gasteiger partial charge in [-0.25, -0.2) is 15.4 Å². The van der Waals surface area contributed by atoms with Gasteiger partial charge in [0.1, 0.15) is 0 Å². The van der Waals surface area contributed by atoms with Crippen LogP contribution in [0.2, 0.25) is 5.02 Å². The van der Waals surface area contributed by atoms with Crippen molar-refractivity contribution in [2.45, 2.75) is 19.9 Å². The molecule has 7 nitrogen and oxygen atoms in total. The first-order valence-electron chi connectivity index (χ1n) is 7.88. The van der Waals surface area contributed by atoms with Gasteiger partial charge in [0.2, 0.25) is 5.95 Å². The minimum atomic E-state index is -0.633. The maximum absolute atomic E-state index is 11.4. The summed E-state index contributed by atoms with van der Waals surface area (Å²) in [5.74, 6) is -0.0929. The molecule has 1 aliphatic rings. The molecule has 3 N–H and O–H groups in total. The minimum Gasteiger partial charge on any atom is -0.358 e. The molecule has 3 heterocycles. The highest BCUT2D eigenvalue weighted by Crippen LogP contribution is 2.35. The van der Waals surface area contributed by atoms with Crippen LogP contribution >= 0.6 is 11.6 Å². The molecule has 2 aromatic heterocycles. The lowest BCUT2D eigenvalue weighted by molar-refractivity contribution is 0.0705. The van der Waals surface area contributed by atoms with Gasteiger partial charge in [-0.1, -0.05) is 17.7 Å². The Labute approximate surface area is 148 Å². The number of aromatic amines is 1. The quantitative estimate of drug-likeness (QED) is 0.484. The van der Waals surface area contributed by atoms with Gasteiger partial charge in [0.15, 0.2) is 0 Å². The zero-order valence-corrected chi connectivity index (χ0v) is 14.3. The molecule has 0 bridgehead atoms. The highest BCUT2D eigenvalue weighted by molar-refractivity contribution is 6.36. The zero-order chi connectivity index (χ0) is 17.6. The SMILES string of the molecule is Cc1ccc2[nH]c3c(c2c1Cl)CN(c1ncc(C(=O)NO)cn1)CC3. The van der Waals surface area contributed by atoms with E-state index >= 15 is 0 Å². The summed E-state index contributed by atoms with van der Waals surface area (Å²) in [6.45, 7) is 3.40. The van der Waals surface area contributed by atoms with Crippen molar-refractivity contribution in [2.75, 3.05) is 11.4 Å². The van der Waals surface area contributed by atoms with E-state index in [1.54, 1.807) is 5.48 Å². The van der Waals surface area contributed by atoms with Gasteiger partial charge >= 0.3 is 0 Å². The molecule has 8 heteroatoms. The van der Waals surface area contributed by atoms with Crippen molar-refractivity contribution in [3.05, 3.63) is 51.9 Å². The van der Waals surface area contributed by atoms with Crippen LogP contribution in [0.25, 0.3) is 10.9 Å². The van der Waals surface area contributed by atoms with E-state index in [0.717, 1.165) is 40.0 Å². The van der Waals surface area contributed by atoms with E-state index in [1.165, 1.54) is 18.1 Å². The number of rotatable bonds is 2. The van der Waals surface area contributed by atoms with Crippen LogP contribution in [0.3, 0.4) is 0 Å². The van der Waals surface area contributed by atoms with Crippen molar-refractivity contribution in [1.29, 1.82) is 0 Å². The number of hydrogen-bond donors (Lipinski definition) is 3. The number of H-pyrrole nitrogens is 1. The number of aryl methyl sites for hydroxylation is 1. The number of carbonyl (C=O) groups excluding carboxylic acids is 1. The van der Waals surface area contributed by atoms with Gasteiger partial charge in [-0.15, -0.1) is 0 Å². The first-order valence-corrected chi connectivity index (χ1v) is 8.26. The highest BCUT2D eigenvalue weighted by atomic mass is 35.5. The topological polar surface area (TPSA) is 94.1 Å². The normalized spacial score (nSPS) is 13.8. The van der Waals surface area contributed by atoms with Crippen LogP contribution in [0.5, 0.6) is 0 Å². The second-order valence-corrected chi connectivity index (χ2v) is 6.46. The molecule has 0 radical (unpaired) electrons. The van der Waals surface area contributed by atoms with E-state index in [0.29, 0.717) is 12.5 Å². The maximum Gasteiger partial charge on any atom is 0.277 e. The molecule has 0 unspecified atom stereocenters. The van der Waals surface area contributed by atoms with E-state index < -0.39 is 5.91 Å². The van der Waals surface area contributed by atoms with Gasteiger partial charge in [-0.3, -0.25) is 10.0 Å². The molecule has 1 aliphatic heterocycles. The number of halogens is 1. The molecule has 25 heavy (non-hydrogen) atoms. The van der Waals surface area contributed by atoms with Gasteiger partial charge < -0.3 is 9.88 Å². The lowest BCUT2D eigenvalue weighted by Crippen LogP contribution is -2.31. The highest BCUT2D eigenvalue weighted by Gasteiger charge is 2.24. The molecule has 0 atom stereocenters. The van der Waals surface area contributed by atoms with Gasteiger partial charge in [0, 0.05) is 54.1 Å². The van der Waals surface area contributed by atoms with E-state index in [9.17, 15) is 4.79 Å². The molecule has 1 aromatic carbocycles. The summed E-state index contributed by atoms with van der Waals surface area (Å²) < 4.78 is 0. The standard InChI is InChI=1S/C17H16ClN5O2/c1-9-2-3-13-14(15(9)18)11-8-23(5-4-12(11)21-13)17-19-6-10(7-20-17)16(24)22-25/h2-3,6-7,21,25H,4-5,8H2,1H3,(H,22,24). The summed E-state index contributed by atoms with van der Waals surface area (Å²) in [6.07, 6.45) is 3.63. The maximum atomic E-state index is 11.4. The molecule has 0 aliphatic carbocycles. The fourth-order valence-electron chi connectivity index (χ4n) is 3.21. The largest absolute Gasteiger partial charge is 0.358 e. The van der Waals surface area contributed by atoms with Gasteiger partial charge in [0.25, 0.3) is 5.91 Å². The third-order valence-electron chi connectivity index (χ3n) is 4.55. The van der Waals surface area contributed by atoms with E-state index in [4.69, 9.17) is 16.8 Å². The van der Waals surface area contributed by atoms with E-state index in [-0.39, 0.29) is 5.56 Å². The van der Waals surface area contributed by atoms with Crippen LogP contribution in [0.15, 0.2) is 24.5 Å². The summed E-state index contributed by atoms with van der Waals surface area (Å²) in [7, 11) is 0. The van der Waals surface area contributed by atoms with Crippen LogP contribution in [0.1, 0.15) is 27.2 Å². The Bertz CT molecular complexity index is 967. The number of aromatic nitrogens is 3. The van der Waals surface area contributed by atoms with Crippen LogP contribution in [-0.4, -0.2) is 32.6 Å². The Morgan fingerprint density at radius 3 is 2.84 bits per heavy atom. The molecule has 0 spiro atoms. The van der Waals surface area contributed by atoms with Crippen LogP contribution in [0.4, 0.5) is 5.95 Å².